The second kappa shape index (κ2) is 5.34. The number of nitrogens with zero attached hydrogens (tertiary/aromatic N) is 2. The summed E-state index contributed by atoms with van der Waals surface area (Å²) in [5.74, 6) is -2.04. The molecule has 0 atom stereocenters. The van der Waals surface area contributed by atoms with Gasteiger partial charge in [-0.05, 0) is 18.2 Å². The smallest absolute Gasteiger partial charge is 0.338 e. The molecule has 1 heterocycles. The van der Waals surface area contributed by atoms with Crippen molar-refractivity contribution in [2.45, 2.75) is 6.54 Å². The van der Waals surface area contributed by atoms with Crippen LogP contribution in [0.25, 0.3) is 6.20 Å². The van der Waals surface area contributed by atoms with E-state index in [1.807, 2.05) is 0 Å². The fraction of sp³-hybridized carbons (Fsp3) is 0.0769. The molecular formula is C13H12FN3O2. The van der Waals surface area contributed by atoms with Gasteiger partial charge in [-0.3, -0.25) is 0 Å². The molecule has 0 aliphatic rings. The van der Waals surface area contributed by atoms with Crippen molar-refractivity contribution in [2.24, 2.45) is 0 Å². The van der Waals surface area contributed by atoms with Crippen LogP contribution in [0.1, 0.15) is 15.9 Å². The Bertz CT molecular complexity index is 622. The number of aromatic nitrogens is 2. The highest BCUT2D eigenvalue weighted by atomic mass is 19.1. The first-order valence-electron chi connectivity index (χ1n) is 5.52. The third-order valence-electron chi connectivity index (χ3n) is 2.54. The van der Waals surface area contributed by atoms with Crippen LogP contribution in [0, 0.1) is 5.82 Å². The van der Waals surface area contributed by atoms with Crippen molar-refractivity contribution in [3.63, 3.8) is 0 Å². The fourth-order valence-corrected chi connectivity index (χ4v) is 1.57. The summed E-state index contributed by atoms with van der Waals surface area (Å²) in [6, 6.07) is 3.87. The normalized spacial score (nSPS) is 10.2. The van der Waals surface area contributed by atoms with Crippen LogP contribution >= 0.6 is 0 Å². The summed E-state index contributed by atoms with van der Waals surface area (Å²) >= 11 is 0. The lowest BCUT2D eigenvalue weighted by atomic mass is 10.2. The second-order valence-corrected chi connectivity index (χ2v) is 3.86. The predicted molar refractivity (Wildman–Crippen MR) is 69.3 cm³/mol. The Hall–Kier alpha value is -2.63. The van der Waals surface area contributed by atoms with Gasteiger partial charge in [-0.2, -0.15) is 5.10 Å². The largest absolute Gasteiger partial charge is 0.478 e. The molecule has 0 saturated heterocycles. The van der Waals surface area contributed by atoms with Crippen LogP contribution in [0.4, 0.5) is 10.1 Å². The van der Waals surface area contributed by atoms with Gasteiger partial charge in [-0.1, -0.05) is 6.58 Å². The molecule has 1 aromatic carbocycles. The molecule has 0 spiro atoms. The summed E-state index contributed by atoms with van der Waals surface area (Å²) in [6.07, 6.45) is 5.00. The lowest BCUT2D eigenvalue weighted by Gasteiger charge is -2.06. The first kappa shape index (κ1) is 12.8. The van der Waals surface area contributed by atoms with Crippen molar-refractivity contribution in [3.8, 4) is 0 Å². The van der Waals surface area contributed by atoms with E-state index in [1.54, 1.807) is 23.3 Å². The quantitative estimate of drug-likeness (QED) is 0.867. The molecule has 1 aromatic heterocycles. The minimum absolute atomic E-state index is 0.355. The first-order valence-corrected chi connectivity index (χ1v) is 5.52. The highest BCUT2D eigenvalue weighted by Crippen LogP contribution is 2.15. The highest BCUT2D eigenvalue weighted by molar-refractivity contribution is 5.89. The Balaban J connectivity index is 2.09. The maximum atomic E-state index is 13.2. The van der Waals surface area contributed by atoms with E-state index in [-0.39, 0.29) is 5.56 Å². The third-order valence-corrected chi connectivity index (χ3v) is 2.54. The minimum Gasteiger partial charge on any atom is -0.478 e. The van der Waals surface area contributed by atoms with Crippen molar-refractivity contribution in [1.29, 1.82) is 0 Å². The predicted octanol–water partition coefficient (Wildman–Crippen LogP) is 2.43. The Morgan fingerprint density at radius 3 is 3.00 bits per heavy atom. The fourth-order valence-electron chi connectivity index (χ4n) is 1.57. The van der Waals surface area contributed by atoms with Gasteiger partial charge in [0.25, 0.3) is 0 Å². The third kappa shape index (κ3) is 2.98. The van der Waals surface area contributed by atoms with Gasteiger partial charge in [-0.15, -0.1) is 0 Å². The Kier molecular flexibility index (Phi) is 3.61. The van der Waals surface area contributed by atoms with E-state index in [4.69, 9.17) is 5.11 Å². The van der Waals surface area contributed by atoms with Gasteiger partial charge in [0.2, 0.25) is 0 Å². The van der Waals surface area contributed by atoms with Gasteiger partial charge in [0, 0.05) is 30.2 Å². The van der Waals surface area contributed by atoms with Crippen molar-refractivity contribution >= 4 is 17.9 Å². The molecule has 0 unspecified atom stereocenters. The van der Waals surface area contributed by atoms with Crippen molar-refractivity contribution in [2.75, 3.05) is 5.32 Å². The van der Waals surface area contributed by atoms with Crippen LogP contribution in [0.2, 0.25) is 0 Å². The summed E-state index contributed by atoms with van der Waals surface area (Å²) in [5, 5.41) is 15.8. The molecule has 0 bridgehead atoms. The molecule has 2 rings (SSSR count). The molecule has 0 saturated carbocycles. The average molecular weight is 261 g/mol. The molecule has 0 radical (unpaired) electrons. The summed E-state index contributed by atoms with van der Waals surface area (Å²) in [7, 11) is 0. The molecule has 2 N–H and O–H groups in total. The SMILES string of the molecule is C=Cn1cc(CNc2ccc(F)c(C(=O)O)c2)cn1. The standard InChI is InChI=1S/C13H12FN3O2/c1-2-17-8-9(7-16-17)6-15-10-3-4-12(14)11(5-10)13(18)19/h2-5,7-8,15H,1,6H2,(H,18,19). The number of hydrogen-bond acceptors (Lipinski definition) is 3. The lowest BCUT2D eigenvalue weighted by molar-refractivity contribution is 0.0692. The van der Waals surface area contributed by atoms with E-state index in [9.17, 15) is 9.18 Å². The summed E-state index contributed by atoms with van der Waals surface area (Å²) in [4.78, 5) is 10.8. The number of hydrogen-bond donors (Lipinski definition) is 2. The summed E-state index contributed by atoms with van der Waals surface area (Å²) in [6.45, 7) is 4.03. The van der Waals surface area contributed by atoms with E-state index in [2.05, 4.69) is 17.0 Å². The molecule has 2 aromatic rings. The van der Waals surface area contributed by atoms with Crippen LogP contribution in [-0.2, 0) is 6.54 Å². The van der Waals surface area contributed by atoms with E-state index < -0.39 is 11.8 Å². The number of carbonyl (C=O) groups is 1. The zero-order chi connectivity index (χ0) is 13.8. The van der Waals surface area contributed by atoms with E-state index in [1.165, 1.54) is 12.1 Å². The Morgan fingerprint density at radius 2 is 2.37 bits per heavy atom. The van der Waals surface area contributed by atoms with Gasteiger partial charge in [0.1, 0.15) is 5.82 Å². The maximum absolute atomic E-state index is 13.2. The lowest BCUT2D eigenvalue weighted by Crippen LogP contribution is -2.04. The van der Waals surface area contributed by atoms with Crippen molar-refractivity contribution in [1.82, 2.24) is 9.78 Å². The Morgan fingerprint density at radius 1 is 1.58 bits per heavy atom. The zero-order valence-corrected chi connectivity index (χ0v) is 10.0. The maximum Gasteiger partial charge on any atom is 0.338 e. The van der Waals surface area contributed by atoms with E-state index >= 15 is 0 Å². The van der Waals surface area contributed by atoms with Crippen LogP contribution in [-0.4, -0.2) is 20.9 Å². The number of carboxylic acids is 1. The summed E-state index contributed by atoms with van der Waals surface area (Å²) < 4.78 is 14.8. The van der Waals surface area contributed by atoms with Crippen molar-refractivity contribution in [3.05, 3.63) is 54.1 Å². The number of halogens is 1. The van der Waals surface area contributed by atoms with Gasteiger partial charge >= 0.3 is 5.97 Å². The minimum atomic E-state index is -1.29. The van der Waals surface area contributed by atoms with Gasteiger partial charge in [-0.25, -0.2) is 13.9 Å². The number of anilines is 1. The Labute approximate surface area is 109 Å². The number of carboxylic acid groups (broad SMARTS) is 1. The van der Waals surface area contributed by atoms with Crippen LogP contribution in [0.15, 0.2) is 37.2 Å². The first-order chi connectivity index (χ1) is 9.10. The summed E-state index contributed by atoms with van der Waals surface area (Å²) in [5.41, 5.74) is 1.08. The molecule has 0 fully saturated rings. The molecule has 6 heteroatoms. The van der Waals surface area contributed by atoms with Crippen molar-refractivity contribution < 1.29 is 14.3 Å². The molecule has 0 amide bonds. The topological polar surface area (TPSA) is 67.2 Å². The average Bonchev–Trinajstić information content (AvgIpc) is 2.85. The monoisotopic (exact) mass is 261 g/mol. The molecule has 0 aliphatic carbocycles. The van der Waals surface area contributed by atoms with Crippen LogP contribution < -0.4 is 5.32 Å². The van der Waals surface area contributed by atoms with E-state index in [0.29, 0.717) is 12.2 Å². The molecular weight excluding hydrogens is 249 g/mol. The molecule has 5 nitrogen and oxygen atoms in total. The number of rotatable bonds is 5. The molecule has 19 heavy (non-hydrogen) atoms. The van der Waals surface area contributed by atoms with E-state index in [0.717, 1.165) is 11.6 Å². The number of aromatic carboxylic acids is 1. The number of nitrogens with one attached hydrogen (secondary N) is 1. The van der Waals surface area contributed by atoms with Gasteiger partial charge in [0.15, 0.2) is 0 Å². The van der Waals surface area contributed by atoms with Gasteiger partial charge < -0.3 is 10.4 Å². The van der Waals surface area contributed by atoms with Gasteiger partial charge in [0.05, 0.1) is 11.8 Å². The van der Waals surface area contributed by atoms with Crippen LogP contribution in [0.5, 0.6) is 0 Å². The second-order valence-electron chi connectivity index (χ2n) is 3.86. The number of benzene rings is 1. The highest BCUT2D eigenvalue weighted by Gasteiger charge is 2.10. The van der Waals surface area contributed by atoms with Crippen LogP contribution in [0.3, 0.4) is 0 Å². The molecule has 98 valence electrons. The molecule has 0 aliphatic heterocycles. The zero-order valence-electron chi connectivity index (χ0n) is 10.0.